The second-order valence-electron chi connectivity index (χ2n) is 3.08. The number of hydrogen-bond donors (Lipinski definition) is 3. The first kappa shape index (κ1) is 9.28. The van der Waals surface area contributed by atoms with Gasteiger partial charge in [0.15, 0.2) is 0 Å². The molecule has 2 unspecified atom stereocenters. The molecule has 70 valence electrons. The van der Waals surface area contributed by atoms with Crippen LogP contribution in [0.4, 0.5) is 4.79 Å². The second-order valence-corrected chi connectivity index (χ2v) is 3.08. The summed E-state index contributed by atoms with van der Waals surface area (Å²) in [5.74, 6) is 0.0561. The molecule has 12 heavy (non-hydrogen) atoms. The average molecular weight is 174 g/mol. The molecule has 5 nitrogen and oxygen atoms in total. The molecule has 0 aromatic carbocycles. The van der Waals surface area contributed by atoms with E-state index in [0.29, 0.717) is 19.5 Å². The van der Waals surface area contributed by atoms with E-state index in [-0.39, 0.29) is 12.5 Å². The molecule has 1 saturated heterocycles. The van der Waals surface area contributed by atoms with Gasteiger partial charge in [-0.3, -0.25) is 0 Å². The minimum Gasteiger partial charge on any atom is -0.465 e. The molecule has 1 heterocycles. The fraction of sp³-hybridized carbons (Fsp3) is 0.857. The summed E-state index contributed by atoms with van der Waals surface area (Å²) in [6.45, 7) is 1.10. The van der Waals surface area contributed by atoms with Crippen molar-refractivity contribution in [1.29, 1.82) is 0 Å². The summed E-state index contributed by atoms with van der Waals surface area (Å²) in [5, 5.41) is 18.0. The Morgan fingerprint density at radius 1 is 1.67 bits per heavy atom. The molecule has 1 aliphatic rings. The maximum Gasteiger partial charge on any atom is 0.407 e. The Morgan fingerprint density at radius 3 is 2.75 bits per heavy atom. The first-order valence-electron chi connectivity index (χ1n) is 4.01. The lowest BCUT2D eigenvalue weighted by atomic mass is 9.94. The van der Waals surface area contributed by atoms with Crippen molar-refractivity contribution in [1.82, 2.24) is 4.90 Å². The highest BCUT2D eigenvalue weighted by Gasteiger charge is 2.28. The lowest BCUT2D eigenvalue weighted by molar-refractivity contribution is 0.0280. The van der Waals surface area contributed by atoms with Crippen LogP contribution in [0.2, 0.25) is 0 Å². The molecule has 1 amide bonds. The van der Waals surface area contributed by atoms with Gasteiger partial charge < -0.3 is 20.8 Å². The normalized spacial score (nSPS) is 30.3. The number of amides is 1. The number of nitrogens with two attached hydrogens (primary N) is 1. The second kappa shape index (κ2) is 3.73. The molecule has 1 rings (SSSR count). The van der Waals surface area contributed by atoms with Gasteiger partial charge in [0.05, 0.1) is 12.6 Å². The van der Waals surface area contributed by atoms with Crippen molar-refractivity contribution in [2.24, 2.45) is 11.7 Å². The number of carboxylic acid groups (broad SMARTS) is 1. The fourth-order valence-electron chi connectivity index (χ4n) is 1.43. The van der Waals surface area contributed by atoms with Gasteiger partial charge in [-0.1, -0.05) is 0 Å². The van der Waals surface area contributed by atoms with Gasteiger partial charge >= 0.3 is 6.09 Å². The minimum absolute atomic E-state index is 0.0561. The van der Waals surface area contributed by atoms with E-state index in [1.54, 1.807) is 0 Å². The number of likely N-dealkylation sites (tertiary alicyclic amines) is 1. The molecule has 4 N–H and O–H groups in total. The predicted octanol–water partition coefficient (Wildman–Crippen LogP) is -0.694. The van der Waals surface area contributed by atoms with Crippen LogP contribution in [0.3, 0.4) is 0 Å². The van der Waals surface area contributed by atoms with Crippen LogP contribution in [0.5, 0.6) is 0 Å². The predicted molar refractivity (Wildman–Crippen MR) is 42.8 cm³/mol. The molecule has 0 saturated carbocycles. The topological polar surface area (TPSA) is 86.8 Å². The van der Waals surface area contributed by atoms with Gasteiger partial charge in [0.1, 0.15) is 0 Å². The Bertz CT molecular complexity index is 174. The Balaban J connectivity index is 2.46. The van der Waals surface area contributed by atoms with Crippen molar-refractivity contribution >= 4 is 6.09 Å². The largest absolute Gasteiger partial charge is 0.465 e. The lowest BCUT2D eigenvalue weighted by Gasteiger charge is -2.33. The summed E-state index contributed by atoms with van der Waals surface area (Å²) in [7, 11) is 0. The molecule has 0 radical (unpaired) electrons. The van der Waals surface area contributed by atoms with E-state index in [4.69, 9.17) is 10.8 Å². The van der Waals surface area contributed by atoms with Gasteiger partial charge in [-0.05, 0) is 13.0 Å². The van der Waals surface area contributed by atoms with Gasteiger partial charge in [-0.2, -0.15) is 0 Å². The Hall–Kier alpha value is -0.810. The maximum atomic E-state index is 10.5. The minimum atomic E-state index is -0.968. The van der Waals surface area contributed by atoms with Gasteiger partial charge in [0.25, 0.3) is 0 Å². The molecule has 0 bridgehead atoms. The first-order valence-corrected chi connectivity index (χ1v) is 4.01. The number of piperidine rings is 1. The average Bonchev–Trinajstić information content (AvgIpc) is 2.04. The zero-order valence-electron chi connectivity index (χ0n) is 6.81. The van der Waals surface area contributed by atoms with Crippen molar-refractivity contribution in [2.75, 3.05) is 19.6 Å². The molecule has 0 aliphatic carbocycles. The Labute approximate surface area is 70.8 Å². The van der Waals surface area contributed by atoms with Crippen molar-refractivity contribution in [3.63, 3.8) is 0 Å². The zero-order valence-corrected chi connectivity index (χ0v) is 6.81. The highest BCUT2D eigenvalue weighted by molar-refractivity contribution is 5.65. The van der Waals surface area contributed by atoms with Gasteiger partial charge in [-0.25, -0.2) is 4.79 Å². The van der Waals surface area contributed by atoms with E-state index in [2.05, 4.69) is 0 Å². The maximum absolute atomic E-state index is 10.5. The molecule has 1 fully saturated rings. The molecule has 1 aliphatic heterocycles. The third-order valence-electron chi connectivity index (χ3n) is 2.29. The molecule has 0 aromatic rings. The van der Waals surface area contributed by atoms with E-state index >= 15 is 0 Å². The molecule has 5 heteroatoms. The van der Waals surface area contributed by atoms with Crippen LogP contribution in [0.1, 0.15) is 6.42 Å². The van der Waals surface area contributed by atoms with E-state index < -0.39 is 12.2 Å². The molecule has 0 spiro atoms. The zero-order chi connectivity index (χ0) is 9.14. The van der Waals surface area contributed by atoms with Crippen LogP contribution in [0.25, 0.3) is 0 Å². The van der Waals surface area contributed by atoms with E-state index in [1.165, 1.54) is 4.90 Å². The monoisotopic (exact) mass is 174 g/mol. The van der Waals surface area contributed by atoms with E-state index in [1.807, 2.05) is 0 Å². The molecule has 2 atom stereocenters. The highest BCUT2D eigenvalue weighted by Crippen LogP contribution is 2.16. The fourth-order valence-corrected chi connectivity index (χ4v) is 1.43. The van der Waals surface area contributed by atoms with Gasteiger partial charge in [0, 0.05) is 12.5 Å². The smallest absolute Gasteiger partial charge is 0.407 e. The summed E-state index contributed by atoms with van der Waals surface area (Å²) in [4.78, 5) is 11.7. The quantitative estimate of drug-likeness (QED) is 0.491. The SMILES string of the molecule is NCC1CCN(C(=O)O)CC1O. The number of β-amino-alcohol motifs (C(OH)–C–C–N with tert-alkyl or cyclic N) is 1. The Morgan fingerprint density at radius 2 is 2.33 bits per heavy atom. The number of nitrogens with zero attached hydrogens (tertiary/aromatic N) is 1. The summed E-state index contributed by atoms with van der Waals surface area (Å²) in [5.41, 5.74) is 5.39. The third-order valence-corrected chi connectivity index (χ3v) is 2.29. The number of carbonyl (C=O) groups is 1. The van der Waals surface area contributed by atoms with Crippen LogP contribution in [-0.2, 0) is 0 Å². The number of aliphatic hydroxyl groups is 1. The van der Waals surface area contributed by atoms with Gasteiger partial charge in [0.2, 0.25) is 0 Å². The molecule has 0 aromatic heterocycles. The highest BCUT2D eigenvalue weighted by atomic mass is 16.4. The lowest BCUT2D eigenvalue weighted by Crippen LogP contribution is -2.48. The first-order chi connectivity index (χ1) is 5.65. The summed E-state index contributed by atoms with van der Waals surface area (Å²) in [6.07, 6.45) is -0.909. The van der Waals surface area contributed by atoms with Crippen LogP contribution >= 0.6 is 0 Å². The third kappa shape index (κ3) is 1.86. The van der Waals surface area contributed by atoms with Crippen LogP contribution < -0.4 is 5.73 Å². The van der Waals surface area contributed by atoms with E-state index in [9.17, 15) is 9.90 Å². The van der Waals surface area contributed by atoms with Crippen molar-refractivity contribution in [3.05, 3.63) is 0 Å². The van der Waals surface area contributed by atoms with Crippen LogP contribution in [0, 0.1) is 5.92 Å². The Kier molecular flexibility index (Phi) is 2.88. The standard InChI is InChI=1S/C7H14N2O3/c8-3-5-1-2-9(7(11)12)4-6(5)10/h5-6,10H,1-4,8H2,(H,11,12). The van der Waals surface area contributed by atoms with Gasteiger partial charge in [-0.15, -0.1) is 0 Å². The van der Waals surface area contributed by atoms with Crippen molar-refractivity contribution < 1.29 is 15.0 Å². The number of aliphatic hydroxyl groups excluding tert-OH is 1. The molecular formula is C7H14N2O3. The van der Waals surface area contributed by atoms with E-state index in [0.717, 1.165) is 0 Å². The summed E-state index contributed by atoms with van der Waals surface area (Å²) >= 11 is 0. The van der Waals surface area contributed by atoms with Crippen LogP contribution in [0.15, 0.2) is 0 Å². The molecular weight excluding hydrogens is 160 g/mol. The number of hydrogen-bond acceptors (Lipinski definition) is 3. The number of rotatable bonds is 1. The van der Waals surface area contributed by atoms with Crippen molar-refractivity contribution in [3.8, 4) is 0 Å². The van der Waals surface area contributed by atoms with Crippen LogP contribution in [-0.4, -0.2) is 46.9 Å². The summed E-state index contributed by atoms with van der Waals surface area (Å²) in [6, 6.07) is 0. The van der Waals surface area contributed by atoms with Crippen molar-refractivity contribution in [2.45, 2.75) is 12.5 Å². The summed E-state index contributed by atoms with van der Waals surface area (Å²) < 4.78 is 0.